The predicted molar refractivity (Wildman–Crippen MR) is 63.6 cm³/mol. The van der Waals surface area contributed by atoms with E-state index in [0.29, 0.717) is 6.54 Å². The van der Waals surface area contributed by atoms with Gasteiger partial charge in [-0.25, -0.2) is 4.39 Å². The van der Waals surface area contributed by atoms with Crippen LogP contribution in [0.1, 0.15) is 15.2 Å². The lowest BCUT2D eigenvalue weighted by atomic mass is 10.2. The SMILES string of the molecule is O=C(NCc1cccs1)c1ccc(F)cc1O. The summed E-state index contributed by atoms with van der Waals surface area (Å²) in [6.07, 6.45) is 0. The van der Waals surface area contributed by atoms with E-state index in [1.165, 1.54) is 17.4 Å². The van der Waals surface area contributed by atoms with Gasteiger partial charge in [-0.1, -0.05) is 6.07 Å². The molecule has 0 atom stereocenters. The first-order valence-corrected chi connectivity index (χ1v) is 5.84. The highest BCUT2D eigenvalue weighted by molar-refractivity contribution is 7.09. The van der Waals surface area contributed by atoms with Crippen molar-refractivity contribution in [1.82, 2.24) is 5.32 Å². The molecule has 5 heteroatoms. The molecule has 0 radical (unpaired) electrons. The van der Waals surface area contributed by atoms with Crippen LogP contribution in [0.2, 0.25) is 0 Å². The van der Waals surface area contributed by atoms with Crippen molar-refractivity contribution in [1.29, 1.82) is 0 Å². The van der Waals surface area contributed by atoms with E-state index in [9.17, 15) is 14.3 Å². The van der Waals surface area contributed by atoms with E-state index in [-0.39, 0.29) is 11.3 Å². The fourth-order valence-corrected chi connectivity index (χ4v) is 2.02. The summed E-state index contributed by atoms with van der Waals surface area (Å²) in [5.41, 5.74) is 0.0722. The molecule has 1 heterocycles. The molecule has 1 aromatic heterocycles. The second-order valence-electron chi connectivity index (χ2n) is 3.42. The Bertz CT molecular complexity index is 525. The minimum absolute atomic E-state index is 0.0722. The van der Waals surface area contributed by atoms with Crippen molar-refractivity contribution in [2.75, 3.05) is 0 Å². The highest BCUT2D eigenvalue weighted by Crippen LogP contribution is 2.18. The number of hydrogen-bond acceptors (Lipinski definition) is 3. The lowest BCUT2D eigenvalue weighted by Crippen LogP contribution is -2.22. The first-order chi connectivity index (χ1) is 8.16. The third-order valence-electron chi connectivity index (χ3n) is 2.21. The molecule has 0 aliphatic rings. The fourth-order valence-electron chi connectivity index (χ4n) is 1.37. The van der Waals surface area contributed by atoms with Gasteiger partial charge in [0.05, 0.1) is 12.1 Å². The van der Waals surface area contributed by atoms with Crippen LogP contribution in [-0.2, 0) is 6.54 Å². The summed E-state index contributed by atoms with van der Waals surface area (Å²) in [7, 11) is 0. The molecule has 2 N–H and O–H groups in total. The Kier molecular flexibility index (Phi) is 3.39. The van der Waals surface area contributed by atoms with Crippen LogP contribution in [0.25, 0.3) is 0 Å². The van der Waals surface area contributed by atoms with Gasteiger partial charge in [-0.3, -0.25) is 4.79 Å². The van der Waals surface area contributed by atoms with E-state index in [4.69, 9.17) is 0 Å². The van der Waals surface area contributed by atoms with Crippen LogP contribution in [0.3, 0.4) is 0 Å². The highest BCUT2D eigenvalue weighted by Gasteiger charge is 2.11. The summed E-state index contributed by atoms with van der Waals surface area (Å²) in [6.45, 7) is 0.396. The smallest absolute Gasteiger partial charge is 0.255 e. The molecule has 17 heavy (non-hydrogen) atoms. The van der Waals surface area contributed by atoms with Gasteiger partial charge in [0.1, 0.15) is 11.6 Å². The van der Waals surface area contributed by atoms with Crippen molar-refractivity contribution in [3.05, 3.63) is 52.0 Å². The number of benzene rings is 1. The van der Waals surface area contributed by atoms with E-state index >= 15 is 0 Å². The molecule has 88 valence electrons. The third-order valence-corrected chi connectivity index (χ3v) is 3.08. The average molecular weight is 251 g/mol. The molecule has 0 bridgehead atoms. The number of hydrogen-bond donors (Lipinski definition) is 2. The Labute approximate surface area is 102 Å². The number of phenols is 1. The van der Waals surface area contributed by atoms with Gasteiger partial charge in [-0.05, 0) is 23.6 Å². The molecular formula is C12H10FNO2S. The van der Waals surface area contributed by atoms with Crippen molar-refractivity contribution >= 4 is 17.2 Å². The Balaban J connectivity index is 2.04. The zero-order valence-corrected chi connectivity index (χ0v) is 9.63. The lowest BCUT2D eigenvalue weighted by molar-refractivity contribution is 0.0948. The first kappa shape index (κ1) is 11.6. The Morgan fingerprint density at radius 3 is 2.88 bits per heavy atom. The Morgan fingerprint density at radius 2 is 2.24 bits per heavy atom. The maximum atomic E-state index is 12.7. The van der Waals surface area contributed by atoms with E-state index < -0.39 is 11.7 Å². The largest absolute Gasteiger partial charge is 0.507 e. The van der Waals surface area contributed by atoms with Gasteiger partial charge in [0.2, 0.25) is 0 Å². The monoisotopic (exact) mass is 251 g/mol. The number of aromatic hydroxyl groups is 1. The number of amides is 1. The van der Waals surface area contributed by atoms with Crippen LogP contribution in [-0.4, -0.2) is 11.0 Å². The molecule has 0 fully saturated rings. The molecule has 2 rings (SSSR count). The van der Waals surface area contributed by atoms with Crippen LogP contribution in [0.15, 0.2) is 35.7 Å². The first-order valence-electron chi connectivity index (χ1n) is 4.96. The van der Waals surface area contributed by atoms with Crippen molar-refractivity contribution < 1.29 is 14.3 Å². The minimum Gasteiger partial charge on any atom is -0.507 e. The van der Waals surface area contributed by atoms with Gasteiger partial charge in [0, 0.05) is 10.9 Å². The van der Waals surface area contributed by atoms with E-state index in [1.54, 1.807) is 0 Å². The fraction of sp³-hybridized carbons (Fsp3) is 0.0833. The number of thiophene rings is 1. The summed E-state index contributed by atoms with van der Waals surface area (Å²) < 4.78 is 12.7. The van der Waals surface area contributed by atoms with Crippen molar-refractivity contribution in [3.63, 3.8) is 0 Å². The van der Waals surface area contributed by atoms with Crippen LogP contribution >= 0.6 is 11.3 Å². The summed E-state index contributed by atoms with van der Waals surface area (Å²) in [4.78, 5) is 12.7. The Hall–Kier alpha value is -1.88. The molecule has 2 aromatic rings. The second-order valence-corrected chi connectivity index (χ2v) is 4.46. The van der Waals surface area contributed by atoms with Crippen molar-refractivity contribution in [3.8, 4) is 5.75 Å². The second kappa shape index (κ2) is 4.97. The minimum atomic E-state index is -0.572. The summed E-state index contributed by atoms with van der Waals surface area (Å²) in [5.74, 6) is -1.35. The molecule has 0 spiro atoms. The molecule has 1 aromatic carbocycles. The topological polar surface area (TPSA) is 49.3 Å². The number of phenolic OH excluding ortho intramolecular Hbond substituents is 1. The maximum Gasteiger partial charge on any atom is 0.255 e. The molecule has 1 amide bonds. The van der Waals surface area contributed by atoms with Crippen LogP contribution in [0.4, 0.5) is 4.39 Å². The average Bonchev–Trinajstić information content (AvgIpc) is 2.78. The number of rotatable bonds is 3. The van der Waals surface area contributed by atoms with Crippen molar-refractivity contribution in [2.45, 2.75) is 6.54 Å². The van der Waals surface area contributed by atoms with Crippen LogP contribution in [0, 0.1) is 5.82 Å². The van der Waals surface area contributed by atoms with Gasteiger partial charge < -0.3 is 10.4 Å². The molecular weight excluding hydrogens is 241 g/mol. The molecule has 0 unspecified atom stereocenters. The quantitative estimate of drug-likeness (QED) is 0.880. The molecule has 0 aliphatic carbocycles. The zero-order valence-electron chi connectivity index (χ0n) is 8.81. The van der Waals surface area contributed by atoms with E-state index in [0.717, 1.165) is 17.0 Å². The number of nitrogens with one attached hydrogen (secondary N) is 1. The van der Waals surface area contributed by atoms with Gasteiger partial charge in [0.25, 0.3) is 5.91 Å². The van der Waals surface area contributed by atoms with E-state index in [1.807, 2.05) is 17.5 Å². The van der Waals surface area contributed by atoms with Crippen LogP contribution in [0.5, 0.6) is 5.75 Å². The van der Waals surface area contributed by atoms with Gasteiger partial charge in [-0.15, -0.1) is 11.3 Å². The number of carbonyl (C=O) groups excluding carboxylic acids is 1. The molecule has 0 saturated carbocycles. The third kappa shape index (κ3) is 2.82. The van der Waals surface area contributed by atoms with Crippen molar-refractivity contribution in [2.24, 2.45) is 0 Å². The lowest BCUT2D eigenvalue weighted by Gasteiger charge is -2.05. The highest BCUT2D eigenvalue weighted by atomic mass is 32.1. The van der Waals surface area contributed by atoms with Gasteiger partial charge in [0.15, 0.2) is 0 Å². The van der Waals surface area contributed by atoms with Crippen LogP contribution < -0.4 is 5.32 Å². The summed E-state index contributed by atoms with van der Waals surface area (Å²) in [6, 6.07) is 7.10. The summed E-state index contributed by atoms with van der Waals surface area (Å²) in [5, 5.41) is 14.0. The summed E-state index contributed by atoms with van der Waals surface area (Å²) >= 11 is 1.53. The zero-order chi connectivity index (χ0) is 12.3. The number of halogens is 1. The standard InChI is InChI=1S/C12H10FNO2S/c13-8-3-4-10(11(15)6-8)12(16)14-7-9-2-1-5-17-9/h1-6,15H,7H2,(H,14,16). The van der Waals surface area contributed by atoms with Gasteiger partial charge >= 0.3 is 0 Å². The normalized spacial score (nSPS) is 10.2. The maximum absolute atomic E-state index is 12.7. The van der Waals surface area contributed by atoms with E-state index in [2.05, 4.69) is 5.32 Å². The Morgan fingerprint density at radius 1 is 1.41 bits per heavy atom. The molecule has 3 nitrogen and oxygen atoms in total. The predicted octanol–water partition coefficient (Wildman–Crippen LogP) is 2.52. The molecule has 0 aliphatic heterocycles. The molecule has 0 saturated heterocycles. The van der Waals surface area contributed by atoms with Gasteiger partial charge in [-0.2, -0.15) is 0 Å². The number of carbonyl (C=O) groups is 1.